The first-order valence-corrected chi connectivity index (χ1v) is 11.0. The van der Waals surface area contributed by atoms with E-state index in [0.717, 1.165) is 34.2 Å². The van der Waals surface area contributed by atoms with Gasteiger partial charge in [-0.25, -0.2) is 4.98 Å². The maximum Gasteiger partial charge on any atom is 0.187 e. The Bertz CT molecular complexity index is 928. The van der Waals surface area contributed by atoms with Gasteiger partial charge in [0.15, 0.2) is 5.79 Å². The molecule has 168 valence electrons. The average Bonchev–Trinajstić information content (AvgIpc) is 3.37. The van der Waals surface area contributed by atoms with Crippen molar-refractivity contribution in [3.63, 3.8) is 0 Å². The second-order valence-electron chi connectivity index (χ2n) is 7.21. The number of thioether (sulfide) groups is 1. The summed E-state index contributed by atoms with van der Waals surface area (Å²) < 4.78 is 14.7. The molecule has 4 rings (SSSR count). The number of aromatic nitrogens is 2. The van der Waals surface area contributed by atoms with Crippen molar-refractivity contribution in [1.82, 2.24) is 9.55 Å². The molecule has 1 aromatic heterocycles. The number of nitrogens with two attached hydrogens (primary N) is 1. The highest BCUT2D eigenvalue weighted by atomic mass is 35.5. The topological polar surface area (TPSA) is 62.3 Å². The number of hydrogen-bond donors (Lipinski definition) is 1. The van der Waals surface area contributed by atoms with Crippen LogP contribution in [0, 0.1) is 0 Å². The molecule has 3 aromatic rings. The first-order chi connectivity index (χ1) is 14.1. The molecule has 0 bridgehead atoms. The molecule has 2 N–H and O–H groups in total. The van der Waals surface area contributed by atoms with Gasteiger partial charge in [-0.3, -0.25) is 0 Å². The molecule has 0 aliphatic carbocycles. The van der Waals surface area contributed by atoms with E-state index in [-0.39, 0.29) is 30.9 Å². The third kappa shape index (κ3) is 7.31. The molecule has 0 radical (unpaired) electrons. The molecular weight excluding hydrogens is 477 g/mol. The fourth-order valence-corrected chi connectivity index (χ4v) is 4.49. The molecule has 1 fully saturated rings. The smallest absolute Gasteiger partial charge is 0.187 e. The van der Waals surface area contributed by atoms with Crippen LogP contribution in [0.25, 0.3) is 0 Å². The molecule has 31 heavy (non-hydrogen) atoms. The van der Waals surface area contributed by atoms with Crippen LogP contribution in [0.5, 0.6) is 0 Å². The number of ether oxygens (including phenoxy) is 2. The Morgan fingerprint density at radius 2 is 2.00 bits per heavy atom. The quantitative estimate of drug-likeness (QED) is 0.325. The minimum atomic E-state index is -0.665. The predicted octanol–water partition coefficient (Wildman–Crippen LogP) is 5.50. The summed E-state index contributed by atoms with van der Waals surface area (Å²) >= 11 is 7.74. The Balaban J connectivity index is 0.00000171. The van der Waals surface area contributed by atoms with Crippen molar-refractivity contribution in [3.8, 4) is 0 Å². The van der Waals surface area contributed by atoms with E-state index in [2.05, 4.69) is 23.2 Å². The van der Waals surface area contributed by atoms with E-state index in [1.54, 1.807) is 24.3 Å². The fraction of sp³-hybridized carbons (Fsp3) is 0.318. The van der Waals surface area contributed by atoms with Crippen LogP contribution in [0.2, 0.25) is 5.02 Å². The summed E-state index contributed by atoms with van der Waals surface area (Å²) in [4.78, 5) is 5.29. The zero-order valence-electron chi connectivity index (χ0n) is 16.9. The molecule has 0 saturated carbocycles. The van der Waals surface area contributed by atoms with Crippen molar-refractivity contribution in [2.45, 2.75) is 36.2 Å². The summed E-state index contributed by atoms with van der Waals surface area (Å²) in [6.45, 7) is 1.19. The number of halogens is 3. The molecule has 0 spiro atoms. The molecule has 2 heterocycles. The zero-order valence-corrected chi connectivity index (χ0v) is 20.1. The van der Waals surface area contributed by atoms with Gasteiger partial charge in [0.05, 0.1) is 25.6 Å². The maximum absolute atomic E-state index is 6.47. The molecule has 1 aliphatic rings. The van der Waals surface area contributed by atoms with Crippen LogP contribution >= 0.6 is 48.2 Å². The first kappa shape index (κ1) is 25.8. The van der Waals surface area contributed by atoms with E-state index in [1.165, 1.54) is 5.56 Å². The fourth-order valence-electron chi connectivity index (χ4n) is 3.43. The van der Waals surface area contributed by atoms with E-state index in [1.807, 2.05) is 41.1 Å². The Labute approximate surface area is 204 Å². The predicted molar refractivity (Wildman–Crippen MR) is 132 cm³/mol. The molecule has 2 atom stereocenters. The van der Waals surface area contributed by atoms with Gasteiger partial charge >= 0.3 is 0 Å². The Morgan fingerprint density at radius 3 is 2.71 bits per heavy atom. The number of nitrogen functional groups attached to an aromatic ring is 1. The Morgan fingerprint density at radius 1 is 1.19 bits per heavy atom. The van der Waals surface area contributed by atoms with E-state index in [0.29, 0.717) is 13.2 Å². The lowest BCUT2D eigenvalue weighted by atomic mass is 10.0. The first-order valence-electron chi connectivity index (χ1n) is 9.61. The van der Waals surface area contributed by atoms with E-state index in [4.69, 9.17) is 26.8 Å². The van der Waals surface area contributed by atoms with Gasteiger partial charge in [-0.2, -0.15) is 0 Å². The maximum atomic E-state index is 6.47. The van der Waals surface area contributed by atoms with Crippen LogP contribution in [0.15, 0.2) is 72.1 Å². The minimum absolute atomic E-state index is 0. The molecule has 0 amide bonds. The molecule has 9 heteroatoms. The number of hydrogen-bond acceptors (Lipinski definition) is 5. The van der Waals surface area contributed by atoms with Gasteiger partial charge < -0.3 is 19.8 Å². The number of imidazole rings is 1. The van der Waals surface area contributed by atoms with Gasteiger partial charge in [-0.1, -0.05) is 29.8 Å². The summed E-state index contributed by atoms with van der Waals surface area (Å²) in [6, 6.07) is 15.9. The highest BCUT2D eigenvalue weighted by Gasteiger charge is 2.41. The monoisotopic (exact) mass is 501 g/mol. The van der Waals surface area contributed by atoms with Gasteiger partial charge in [0.2, 0.25) is 0 Å². The standard InChI is InChI=1S/C22H24ClN3O2S.2ClH/c23-18-6-4-17(5-7-18)8-9-22(15-26-11-10-25-16-26)27-13-20(28-22)14-29-21-3-1-2-19(24)12-21;;/h1-7,10-12,16,20H,8-9,13-15,24H2;2*1H/t20-,22-;;/m0../s1. The van der Waals surface area contributed by atoms with E-state index < -0.39 is 5.79 Å². The number of anilines is 1. The number of nitrogens with zero attached hydrogens (tertiary/aromatic N) is 2. The number of rotatable bonds is 8. The van der Waals surface area contributed by atoms with Crippen LogP contribution in [0.4, 0.5) is 5.69 Å². The lowest BCUT2D eigenvalue weighted by Crippen LogP contribution is -2.37. The van der Waals surface area contributed by atoms with Crippen molar-refractivity contribution < 1.29 is 9.47 Å². The third-order valence-corrected chi connectivity index (χ3v) is 6.28. The van der Waals surface area contributed by atoms with Crippen LogP contribution < -0.4 is 5.73 Å². The molecular formula is C22H26Cl3N3O2S. The van der Waals surface area contributed by atoms with E-state index in [9.17, 15) is 0 Å². The summed E-state index contributed by atoms with van der Waals surface area (Å²) in [5.74, 6) is 0.150. The highest BCUT2D eigenvalue weighted by molar-refractivity contribution is 7.99. The molecule has 0 unspecified atom stereocenters. The Kier molecular flexibility index (Phi) is 10.0. The summed E-state index contributed by atoms with van der Waals surface area (Å²) in [6.07, 6.45) is 7.13. The van der Waals surface area contributed by atoms with Crippen LogP contribution in [-0.2, 0) is 22.4 Å². The Hall–Kier alpha value is -1.41. The average molecular weight is 503 g/mol. The van der Waals surface area contributed by atoms with Gasteiger partial charge in [0, 0.05) is 40.2 Å². The molecule has 5 nitrogen and oxygen atoms in total. The van der Waals surface area contributed by atoms with Gasteiger partial charge in [-0.05, 0) is 42.3 Å². The van der Waals surface area contributed by atoms with Gasteiger partial charge in [0.25, 0.3) is 0 Å². The molecule has 2 aromatic carbocycles. The summed E-state index contributed by atoms with van der Waals surface area (Å²) in [7, 11) is 0. The largest absolute Gasteiger partial charge is 0.399 e. The molecule has 1 saturated heterocycles. The van der Waals surface area contributed by atoms with Crippen molar-refractivity contribution in [2.24, 2.45) is 0 Å². The SMILES string of the molecule is Cl.Cl.Nc1cccc(SC[C@@H]2CO[C@](CCc3ccc(Cl)cc3)(Cn3ccnc3)O2)c1. The number of benzene rings is 2. The van der Waals surface area contributed by atoms with Gasteiger partial charge in [-0.15, -0.1) is 36.6 Å². The van der Waals surface area contributed by atoms with Crippen LogP contribution in [0.1, 0.15) is 12.0 Å². The van der Waals surface area contributed by atoms with Crippen molar-refractivity contribution in [3.05, 3.63) is 77.8 Å². The van der Waals surface area contributed by atoms with Crippen LogP contribution in [-0.4, -0.2) is 33.8 Å². The van der Waals surface area contributed by atoms with Crippen LogP contribution in [0.3, 0.4) is 0 Å². The van der Waals surface area contributed by atoms with Crippen molar-refractivity contribution >= 4 is 53.9 Å². The lowest BCUT2D eigenvalue weighted by Gasteiger charge is -2.28. The molecule has 1 aliphatic heterocycles. The second-order valence-corrected chi connectivity index (χ2v) is 8.74. The van der Waals surface area contributed by atoms with Gasteiger partial charge in [0.1, 0.15) is 0 Å². The number of aryl methyl sites for hydroxylation is 1. The lowest BCUT2D eigenvalue weighted by molar-refractivity contribution is -0.180. The summed E-state index contributed by atoms with van der Waals surface area (Å²) in [5, 5.41) is 0.744. The van der Waals surface area contributed by atoms with Crippen molar-refractivity contribution in [2.75, 3.05) is 18.1 Å². The van der Waals surface area contributed by atoms with E-state index >= 15 is 0 Å². The second kappa shape index (κ2) is 12.0. The minimum Gasteiger partial charge on any atom is -0.399 e. The summed E-state index contributed by atoms with van der Waals surface area (Å²) in [5.41, 5.74) is 7.87. The van der Waals surface area contributed by atoms with Crippen molar-refractivity contribution in [1.29, 1.82) is 0 Å². The third-order valence-electron chi connectivity index (χ3n) is 4.90. The highest BCUT2D eigenvalue weighted by Crippen LogP contribution is 2.33. The zero-order chi connectivity index (χ0) is 20.1. The normalized spacial score (nSPS) is 20.1.